The Labute approximate surface area is 200 Å². The molecule has 5 aromatic rings. The van der Waals surface area contributed by atoms with Gasteiger partial charge < -0.3 is 5.32 Å². The standard InChI is InChI=1S/C26H23ClN6O/c1-14-11-19(14)18-10-6-7-16-12-20(33(26(34)21(16)18)17-8-4-3-5-9-17)15(2)30-24-22-23(27)31-32-25(22)29-13-28-24/h3-10,12-15,19H,11H2,1-2H3,(H2,28,29,30,31,32). The van der Waals surface area contributed by atoms with Gasteiger partial charge in [0.05, 0.1) is 11.4 Å². The fraction of sp³-hybridized carbons (Fsp3) is 0.231. The first-order chi connectivity index (χ1) is 16.5. The molecular weight excluding hydrogens is 448 g/mol. The number of aromatic nitrogens is 5. The van der Waals surface area contributed by atoms with Gasteiger partial charge in [0.1, 0.15) is 22.7 Å². The van der Waals surface area contributed by atoms with Crippen molar-refractivity contribution in [3.05, 3.63) is 87.7 Å². The summed E-state index contributed by atoms with van der Waals surface area (Å²) in [5, 5.41) is 13.0. The molecule has 7 nitrogen and oxygen atoms in total. The van der Waals surface area contributed by atoms with E-state index in [-0.39, 0.29) is 11.6 Å². The molecule has 1 saturated carbocycles. The maximum absolute atomic E-state index is 14.1. The van der Waals surface area contributed by atoms with Crippen LogP contribution in [0.4, 0.5) is 5.82 Å². The minimum absolute atomic E-state index is 0.00349. The summed E-state index contributed by atoms with van der Waals surface area (Å²) in [6, 6.07) is 17.8. The van der Waals surface area contributed by atoms with Crippen molar-refractivity contribution >= 4 is 39.2 Å². The summed E-state index contributed by atoms with van der Waals surface area (Å²) in [6.45, 7) is 4.25. The fourth-order valence-electron chi connectivity index (χ4n) is 4.85. The summed E-state index contributed by atoms with van der Waals surface area (Å²) >= 11 is 6.31. The van der Waals surface area contributed by atoms with Gasteiger partial charge in [0.2, 0.25) is 0 Å². The number of hydrogen-bond acceptors (Lipinski definition) is 5. The number of para-hydroxylation sites is 1. The van der Waals surface area contributed by atoms with Crippen molar-refractivity contribution in [3.63, 3.8) is 0 Å². The zero-order chi connectivity index (χ0) is 23.4. The van der Waals surface area contributed by atoms with Gasteiger partial charge >= 0.3 is 0 Å². The van der Waals surface area contributed by atoms with E-state index in [9.17, 15) is 4.79 Å². The van der Waals surface area contributed by atoms with Crippen LogP contribution in [0.5, 0.6) is 0 Å². The number of anilines is 1. The highest BCUT2D eigenvalue weighted by Gasteiger charge is 2.36. The van der Waals surface area contributed by atoms with Gasteiger partial charge in [-0.3, -0.25) is 14.5 Å². The molecule has 0 bridgehead atoms. The summed E-state index contributed by atoms with van der Waals surface area (Å²) in [5.41, 5.74) is 3.28. The molecule has 0 aliphatic heterocycles. The number of pyridine rings is 1. The number of hydrogen-bond donors (Lipinski definition) is 2. The minimum Gasteiger partial charge on any atom is -0.361 e. The molecule has 8 heteroatoms. The zero-order valence-corrected chi connectivity index (χ0v) is 19.5. The van der Waals surface area contributed by atoms with E-state index in [1.165, 1.54) is 6.33 Å². The average Bonchev–Trinajstić information content (AvgIpc) is 3.46. The largest absolute Gasteiger partial charge is 0.361 e. The molecule has 3 aromatic heterocycles. The molecule has 3 unspecified atom stereocenters. The van der Waals surface area contributed by atoms with Crippen LogP contribution in [0.3, 0.4) is 0 Å². The minimum atomic E-state index is -0.259. The predicted molar refractivity (Wildman–Crippen MR) is 135 cm³/mol. The van der Waals surface area contributed by atoms with Crippen molar-refractivity contribution in [2.45, 2.75) is 32.2 Å². The van der Waals surface area contributed by atoms with Gasteiger partial charge in [-0.2, -0.15) is 5.10 Å². The normalized spacial score (nSPS) is 18.3. The Morgan fingerprint density at radius 2 is 1.91 bits per heavy atom. The first-order valence-electron chi connectivity index (χ1n) is 11.4. The van der Waals surface area contributed by atoms with Gasteiger partial charge in [0.25, 0.3) is 5.56 Å². The van der Waals surface area contributed by atoms with Gasteiger partial charge in [-0.05, 0) is 54.3 Å². The van der Waals surface area contributed by atoms with Crippen molar-refractivity contribution in [1.82, 2.24) is 24.7 Å². The lowest BCUT2D eigenvalue weighted by Crippen LogP contribution is -2.26. The number of H-pyrrole nitrogens is 1. The van der Waals surface area contributed by atoms with Gasteiger partial charge in [0.15, 0.2) is 5.65 Å². The highest BCUT2D eigenvalue weighted by molar-refractivity contribution is 6.35. The van der Waals surface area contributed by atoms with Gasteiger partial charge in [-0.1, -0.05) is 54.9 Å². The van der Waals surface area contributed by atoms with Crippen LogP contribution in [0.15, 0.2) is 65.7 Å². The van der Waals surface area contributed by atoms with Crippen LogP contribution in [-0.2, 0) is 0 Å². The molecule has 3 atom stereocenters. The fourth-order valence-corrected chi connectivity index (χ4v) is 5.06. The number of halogens is 1. The number of fused-ring (bicyclic) bond motifs is 2. The second-order valence-corrected chi connectivity index (χ2v) is 9.38. The van der Waals surface area contributed by atoms with E-state index in [1.54, 1.807) is 0 Å². The quantitative estimate of drug-likeness (QED) is 0.348. The zero-order valence-electron chi connectivity index (χ0n) is 18.8. The molecule has 0 amide bonds. The van der Waals surface area contributed by atoms with E-state index < -0.39 is 0 Å². The number of nitrogens with one attached hydrogen (secondary N) is 2. The number of nitrogens with zero attached hydrogens (tertiary/aromatic N) is 4. The van der Waals surface area contributed by atoms with E-state index in [4.69, 9.17) is 11.6 Å². The summed E-state index contributed by atoms with van der Waals surface area (Å²) < 4.78 is 1.81. The van der Waals surface area contributed by atoms with Crippen LogP contribution >= 0.6 is 11.6 Å². The van der Waals surface area contributed by atoms with Crippen molar-refractivity contribution < 1.29 is 0 Å². The maximum atomic E-state index is 14.1. The van der Waals surface area contributed by atoms with Crippen molar-refractivity contribution in [2.24, 2.45) is 5.92 Å². The molecule has 34 heavy (non-hydrogen) atoms. The van der Waals surface area contributed by atoms with Gasteiger partial charge in [-0.15, -0.1) is 0 Å². The van der Waals surface area contributed by atoms with Crippen molar-refractivity contribution in [1.29, 1.82) is 0 Å². The lowest BCUT2D eigenvalue weighted by atomic mass is 9.99. The summed E-state index contributed by atoms with van der Waals surface area (Å²) in [6.07, 6.45) is 2.57. The molecule has 2 aromatic carbocycles. The average molecular weight is 471 g/mol. The van der Waals surface area contributed by atoms with Crippen LogP contribution in [0.2, 0.25) is 5.15 Å². The van der Waals surface area contributed by atoms with E-state index in [0.717, 1.165) is 34.1 Å². The molecule has 1 aliphatic carbocycles. The molecular formula is C26H23ClN6O. The second-order valence-electron chi connectivity index (χ2n) is 9.00. The SMILES string of the molecule is CC(Nc1ncnc2n[nH]c(Cl)c12)c1cc2cccc(C3CC3C)c2c(=O)n1-c1ccccc1. The number of rotatable bonds is 5. The first-order valence-corrected chi connectivity index (χ1v) is 11.8. The summed E-state index contributed by atoms with van der Waals surface area (Å²) in [4.78, 5) is 22.6. The summed E-state index contributed by atoms with van der Waals surface area (Å²) in [5.74, 6) is 1.61. The maximum Gasteiger partial charge on any atom is 0.263 e. The Bertz CT molecular complexity index is 1590. The summed E-state index contributed by atoms with van der Waals surface area (Å²) in [7, 11) is 0. The molecule has 0 spiro atoms. The third-order valence-electron chi connectivity index (χ3n) is 6.73. The lowest BCUT2D eigenvalue weighted by molar-refractivity contribution is 0.773. The van der Waals surface area contributed by atoms with Crippen molar-refractivity contribution in [2.75, 3.05) is 5.32 Å². The van der Waals surface area contributed by atoms with Crippen LogP contribution in [0.1, 0.15) is 43.5 Å². The Morgan fingerprint density at radius 3 is 2.68 bits per heavy atom. The molecule has 1 fully saturated rings. The molecule has 1 aliphatic rings. The molecule has 2 N–H and O–H groups in total. The third-order valence-corrected chi connectivity index (χ3v) is 7.01. The van der Waals surface area contributed by atoms with Crippen LogP contribution in [0.25, 0.3) is 27.5 Å². The predicted octanol–water partition coefficient (Wildman–Crippen LogP) is 5.61. The lowest BCUT2D eigenvalue weighted by Gasteiger charge is -2.22. The first kappa shape index (κ1) is 20.9. The van der Waals surface area contributed by atoms with Crippen molar-refractivity contribution in [3.8, 4) is 5.69 Å². The van der Waals surface area contributed by atoms with E-state index in [1.807, 2.05) is 47.9 Å². The molecule has 6 rings (SSSR count). The van der Waals surface area contributed by atoms with E-state index in [2.05, 4.69) is 50.6 Å². The van der Waals surface area contributed by atoms with E-state index >= 15 is 0 Å². The highest BCUT2D eigenvalue weighted by atomic mass is 35.5. The van der Waals surface area contributed by atoms with E-state index in [0.29, 0.717) is 33.8 Å². The van der Waals surface area contributed by atoms with Crippen LogP contribution in [0, 0.1) is 5.92 Å². The second kappa shape index (κ2) is 7.95. The Balaban J connectivity index is 1.55. The third kappa shape index (κ3) is 3.35. The highest BCUT2D eigenvalue weighted by Crippen LogP contribution is 2.48. The van der Waals surface area contributed by atoms with Crippen LogP contribution < -0.4 is 10.9 Å². The molecule has 0 radical (unpaired) electrons. The Morgan fingerprint density at radius 1 is 1.12 bits per heavy atom. The van der Waals surface area contributed by atoms with Crippen LogP contribution in [-0.4, -0.2) is 24.7 Å². The molecule has 0 saturated heterocycles. The van der Waals surface area contributed by atoms with Gasteiger partial charge in [0, 0.05) is 11.4 Å². The topological polar surface area (TPSA) is 88.5 Å². The Hall–Kier alpha value is -3.71. The van der Waals surface area contributed by atoms with Gasteiger partial charge in [-0.25, -0.2) is 9.97 Å². The number of aromatic amines is 1. The monoisotopic (exact) mass is 470 g/mol. The number of benzene rings is 2. The molecule has 170 valence electrons. The smallest absolute Gasteiger partial charge is 0.263 e. The molecule has 3 heterocycles. The Kier molecular flexibility index (Phi) is 4.88.